The lowest BCUT2D eigenvalue weighted by Gasteiger charge is -2.30. The van der Waals surface area contributed by atoms with Crippen molar-refractivity contribution in [2.75, 3.05) is 31.6 Å². The lowest BCUT2D eigenvalue weighted by molar-refractivity contribution is -0.125. The van der Waals surface area contributed by atoms with Crippen LogP contribution in [0.15, 0.2) is 6.07 Å². The standard InChI is InChI=1S/C22H32F2N4O4/c1-22(2,3)32-21(30)28-9-5-6-17(28)19(29)25-13-14-12-16(24)18(26-20(14)31-4)27-10-7-15(23)8-11-27/h12,15,17H,5-11,13H2,1-4H3,(H,25,29). The van der Waals surface area contributed by atoms with Crippen LogP contribution in [0.1, 0.15) is 52.0 Å². The van der Waals surface area contributed by atoms with Crippen molar-refractivity contribution in [3.05, 3.63) is 17.4 Å². The number of pyridine rings is 1. The molecule has 3 heterocycles. The minimum Gasteiger partial charge on any atom is -0.481 e. The molecule has 2 amide bonds. The first-order valence-corrected chi connectivity index (χ1v) is 11.0. The molecule has 1 N–H and O–H groups in total. The fourth-order valence-electron chi connectivity index (χ4n) is 3.96. The molecular formula is C22H32F2N4O4. The number of nitrogens with zero attached hydrogens (tertiary/aromatic N) is 3. The molecule has 0 radical (unpaired) electrons. The smallest absolute Gasteiger partial charge is 0.410 e. The van der Waals surface area contributed by atoms with Crippen molar-refractivity contribution >= 4 is 17.8 Å². The van der Waals surface area contributed by atoms with Crippen LogP contribution in [-0.2, 0) is 16.1 Å². The summed E-state index contributed by atoms with van der Waals surface area (Å²) in [4.78, 5) is 32.6. The molecule has 8 nitrogen and oxygen atoms in total. The van der Waals surface area contributed by atoms with Crippen LogP contribution in [0.25, 0.3) is 0 Å². The Labute approximate surface area is 187 Å². The highest BCUT2D eigenvalue weighted by Gasteiger charge is 2.36. The van der Waals surface area contributed by atoms with E-state index in [9.17, 15) is 18.4 Å². The Hall–Kier alpha value is -2.65. The second-order valence-corrected chi connectivity index (χ2v) is 9.17. The number of piperidine rings is 1. The number of amides is 2. The van der Waals surface area contributed by atoms with Gasteiger partial charge in [0.2, 0.25) is 11.8 Å². The highest BCUT2D eigenvalue weighted by molar-refractivity contribution is 5.86. The molecule has 1 aromatic heterocycles. The predicted molar refractivity (Wildman–Crippen MR) is 115 cm³/mol. The Balaban J connectivity index is 1.66. The number of likely N-dealkylation sites (tertiary alicyclic amines) is 1. The molecule has 0 spiro atoms. The van der Waals surface area contributed by atoms with Gasteiger partial charge in [-0.2, -0.15) is 4.98 Å². The van der Waals surface area contributed by atoms with E-state index >= 15 is 0 Å². The largest absolute Gasteiger partial charge is 0.481 e. The van der Waals surface area contributed by atoms with Gasteiger partial charge in [0, 0.05) is 31.7 Å². The van der Waals surface area contributed by atoms with E-state index in [0.29, 0.717) is 50.9 Å². The second-order valence-electron chi connectivity index (χ2n) is 9.17. The molecule has 0 aliphatic carbocycles. The third-order valence-corrected chi connectivity index (χ3v) is 5.55. The van der Waals surface area contributed by atoms with Crippen molar-refractivity contribution in [3.63, 3.8) is 0 Å². The first-order chi connectivity index (χ1) is 15.1. The Morgan fingerprint density at radius 1 is 1.22 bits per heavy atom. The first kappa shape index (κ1) is 24.0. The maximum absolute atomic E-state index is 14.8. The zero-order valence-electron chi connectivity index (χ0n) is 19.1. The van der Waals surface area contributed by atoms with Crippen molar-refractivity contribution in [2.24, 2.45) is 0 Å². The van der Waals surface area contributed by atoms with E-state index in [0.717, 1.165) is 0 Å². The van der Waals surface area contributed by atoms with Gasteiger partial charge in [-0.05, 0) is 52.5 Å². The fourth-order valence-corrected chi connectivity index (χ4v) is 3.96. The number of carbonyl (C=O) groups is 2. The van der Waals surface area contributed by atoms with Crippen LogP contribution < -0.4 is 15.0 Å². The zero-order chi connectivity index (χ0) is 23.5. The van der Waals surface area contributed by atoms with Crippen LogP contribution in [0.2, 0.25) is 0 Å². The molecule has 2 aliphatic rings. The molecular weight excluding hydrogens is 422 g/mol. The van der Waals surface area contributed by atoms with E-state index in [4.69, 9.17) is 9.47 Å². The van der Waals surface area contributed by atoms with Gasteiger partial charge in [-0.1, -0.05) is 0 Å². The van der Waals surface area contributed by atoms with E-state index in [1.54, 1.807) is 25.7 Å². The van der Waals surface area contributed by atoms with Crippen molar-refractivity contribution < 1.29 is 27.8 Å². The summed E-state index contributed by atoms with van der Waals surface area (Å²) in [7, 11) is 1.42. The average Bonchev–Trinajstić information content (AvgIpc) is 3.22. The molecule has 0 bridgehead atoms. The summed E-state index contributed by atoms with van der Waals surface area (Å²) in [6, 6.07) is 0.637. The number of halogens is 2. The highest BCUT2D eigenvalue weighted by atomic mass is 19.1. The van der Waals surface area contributed by atoms with Crippen molar-refractivity contribution in [1.29, 1.82) is 0 Å². The normalized spacial score (nSPS) is 19.8. The van der Waals surface area contributed by atoms with E-state index < -0.39 is 29.7 Å². The van der Waals surface area contributed by atoms with Crippen LogP contribution in [0.4, 0.5) is 19.4 Å². The molecule has 1 atom stereocenters. The number of aromatic nitrogens is 1. The number of anilines is 1. The van der Waals surface area contributed by atoms with E-state index in [-0.39, 0.29) is 24.1 Å². The third kappa shape index (κ3) is 5.77. The highest BCUT2D eigenvalue weighted by Crippen LogP contribution is 2.28. The van der Waals surface area contributed by atoms with Crippen molar-refractivity contribution in [2.45, 2.75) is 70.8 Å². The fraction of sp³-hybridized carbons (Fsp3) is 0.682. The number of alkyl halides is 1. The monoisotopic (exact) mass is 454 g/mol. The predicted octanol–water partition coefficient (Wildman–Crippen LogP) is 3.18. The van der Waals surface area contributed by atoms with Gasteiger partial charge in [-0.25, -0.2) is 13.6 Å². The quantitative estimate of drug-likeness (QED) is 0.736. The second kappa shape index (κ2) is 9.87. The van der Waals surface area contributed by atoms with Gasteiger partial charge in [0.25, 0.3) is 0 Å². The van der Waals surface area contributed by atoms with Gasteiger partial charge >= 0.3 is 6.09 Å². The lowest BCUT2D eigenvalue weighted by atomic mass is 10.1. The number of carbonyl (C=O) groups excluding carboxylic acids is 2. The van der Waals surface area contributed by atoms with E-state index in [2.05, 4.69) is 10.3 Å². The number of nitrogens with one attached hydrogen (secondary N) is 1. The van der Waals surface area contributed by atoms with Gasteiger partial charge in [-0.15, -0.1) is 0 Å². The first-order valence-electron chi connectivity index (χ1n) is 11.0. The summed E-state index contributed by atoms with van der Waals surface area (Å²) in [6.45, 7) is 6.52. The van der Waals surface area contributed by atoms with E-state index in [1.165, 1.54) is 18.1 Å². The molecule has 10 heteroatoms. The van der Waals surface area contributed by atoms with Gasteiger partial charge < -0.3 is 19.7 Å². The number of methoxy groups -OCH3 is 1. The van der Waals surface area contributed by atoms with Crippen LogP contribution >= 0.6 is 0 Å². The third-order valence-electron chi connectivity index (χ3n) is 5.55. The topological polar surface area (TPSA) is 84.0 Å². The number of ether oxygens (including phenoxy) is 2. The summed E-state index contributed by atoms with van der Waals surface area (Å²) in [6.07, 6.45) is 0.482. The number of hydrogen-bond acceptors (Lipinski definition) is 6. The molecule has 0 saturated carbocycles. The van der Waals surface area contributed by atoms with Crippen LogP contribution in [-0.4, -0.2) is 66.4 Å². The molecule has 1 aromatic rings. The van der Waals surface area contributed by atoms with Crippen LogP contribution in [0.3, 0.4) is 0 Å². The van der Waals surface area contributed by atoms with Crippen LogP contribution in [0, 0.1) is 5.82 Å². The summed E-state index contributed by atoms with van der Waals surface area (Å²) in [5, 5.41) is 2.76. The minimum absolute atomic E-state index is 0.00256. The summed E-state index contributed by atoms with van der Waals surface area (Å²) in [5.41, 5.74) is -0.275. The molecule has 2 fully saturated rings. The number of rotatable bonds is 5. The summed E-state index contributed by atoms with van der Waals surface area (Å²) >= 11 is 0. The maximum atomic E-state index is 14.8. The van der Waals surface area contributed by atoms with Crippen molar-refractivity contribution in [3.8, 4) is 5.88 Å². The Kier molecular flexibility index (Phi) is 7.40. The lowest BCUT2D eigenvalue weighted by Crippen LogP contribution is -2.47. The Morgan fingerprint density at radius 2 is 1.91 bits per heavy atom. The van der Waals surface area contributed by atoms with Gasteiger partial charge in [0.1, 0.15) is 17.8 Å². The average molecular weight is 455 g/mol. The van der Waals surface area contributed by atoms with Gasteiger partial charge in [0.15, 0.2) is 11.6 Å². The molecule has 2 saturated heterocycles. The molecule has 2 aliphatic heterocycles. The SMILES string of the molecule is COc1nc(N2CCC(F)CC2)c(F)cc1CNC(=O)C1CCCN1C(=O)OC(C)(C)C. The molecule has 1 unspecified atom stereocenters. The summed E-state index contributed by atoms with van der Waals surface area (Å²) < 4.78 is 38.9. The van der Waals surface area contributed by atoms with Gasteiger partial charge in [0.05, 0.1) is 7.11 Å². The zero-order valence-corrected chi connectivity index (χ0v) is 19.1. The Morgan fingerprint density at radius 3 is 2.53 bits per heavy atom. The Bertz CT molecular complexity index is 838. The molecule has 3 rings (SSSR count). The minimum atomic E-state index is -0.874. The molecule has 0 aromatic carbocycles. The maximum Gasteiger partial charge on any atom is 0.410 e. The van der Waals surface area contributed by atoms with Crippen LogP contribution in [0.5, 0.6) is 5.88 Å². The van der Waals surface area contributed by atoms with Crippen molar-refractivity contribution in [1.82, 2.24) is 15.2 Å². The molecule has 32 heavy (non-hydrogen) atoms. The molecule has 178 valence electrons. The van der Waals surface area contributed by atoms with Gasteiger partial charge in [-0.3, -0.25) is 9.69 Å². The summed E-state index contributed by atoms with van der Waals surface area (Å²) in [5.74, 6) is -0.580. The van der Waals surface area contributed by atoms with E-state index in [1.807, 2.05) is 0 Å². The number of hydrogen-bond donors (Lipinski definition) is 1.